The number of halogens is 1. The number of rotatable bonds is 4. The van der Waals surface area contributed by atoms with Crippen LogP contribution in [0.15, 0.2) is 42.5 Å². The van der Waals surface area contributed by atoms with E-state index in [1.54, 1.807) is 24.3 Å². The number of hydrogen-bond donors (Lipinski definition) is 1. The number of phenols is 1. The normalized spacial score (nSPS) is 17.5. The lowest BCUT2D eigenvalue weighted by Crippen LogP contribution is -2.40. The maximum Gasteiger partial charge on any atom is 0.253 e. The second-order valence-corrected chi connectivity index (χ2v) is 6.89. The van der Waals surface area contributed by atoms with E-state index in [9.17, 15) is 14.3 Å². The molecule has 1 amide bonds. The molecule has 25 heavy (non-hydrogen) atoms. The minimum absolute atomic E-state index is 0.0362. The maximum atomic E-state index is 13.8. The number of likely N-dealkylation sites (tertiary alicyclic amines) is 1. The fraction of sp³-hybridized carbons (Fsp3) is 0.381. The Hall–Kier alpha value is -2.36. The van der Waals surface area contributed by atoms with Gasteiger partial charge in [-0.25, -0.2) is 4.39 Å². The second kappa shape index (κ2) is 7.68. The van der Waals surface area contributed by atoms with Crippen LogP contribution in [-0.4, -0.2) is 29.0 Å². The van der Waals surface area contributed by atoms with Crippen LogP contribution >= 0.6 is 0 Å². The molecule has 3 rings (SSSR count). The second-order valence-electron chi connectivity index (χ2n) is 6.89. The van der Waals surface area contributed by atoms with Gasteiger partial charge in [0.25, 0.3) is 5.91 Å². The third-order valence-corrected chi connectivity index (χ3v) is 5.04. The first-order valence-corrected chi connectivity index (χ1v) is 8.87. The molecular formula is C21H24FNO2. The van der Waals surface area contributed by atoms with E-state index in [2.05, 4.69) is 0 Å². The number of carbonyl (C=O) groups excluding carboxylic acids is 1. The van der Waals surface area contributed by atoms with E-state index in [-0.39, 0.29) is 17.5 Å². The molecule has 0 saturated carbocycles. The molecule has 0 aliphatic carbocycles. The molecule has 1 heterocycles. The van der Waals surface area contributed by atoms with Crippen molar-refractivity contribution in [1.82, 2.24) is 4.90 Å². The Balaban J connectivity index is 1.61. The summed E-state index contributed by atoms with van der Waals surface area (Å²) in [6.07, 6.45) is 3.61. The van der Waals surface area contributed by atoms with Crippen molar-refractivity contribution < 1.29 is 14.3 Å². The summed E-state index contributed by atoms with van der Waals surface area (Å²) in [5.41, 5.74) is 2.03. The van der Waals surface area contributed by atoms with Crippen LogP contribution in [0.3, 0.4) is 0 Å². The Labute approximate surface area is 148 Å². The minimum atomic E-state index is -0.152. The summed E-state index contributed by atoms with van der Waals surface area (Å²) in [5.74, 6) is 0.350. The van der Waals surface area contributed by atoms with Crippen LogP contribution < -0.4 is 0 Å². The van der Waals surface area contributed by atoms with E-state index < -0.39 is 0 Å². The Morgan fingerprint density at radius 1 is 1.28 bits per heavy atom. The van der Waals surface area contributed by atoms with E-state index >= 15 is 0 Å². The summed E-state index contributed by atoms with van der Waals surface area (Å²) in [5, 5.41) is 9.83. The Morgan fingerprint density at radius 2 is 2.08 bits per heavy atom. The number of benzene rings is 2. The van der Waals surface area contributed by atoms with Gasteiger partial charge in [0.05, 0.1) is 0 Å². The van der Waals surface area contributed by atoms with Crippen LogP contribution in [0.1, 0.15) is 40.7 Å². The molecule has 1 atom stereocenters. The number of amides is 1. The van der Waals surface area contributed by atoms with Crippen molar-refractivity contribution in [3.05, 3.63) is 65.0 Å². The van der Waals surface area contributed by atoms with Crippen molar-refractivity contribution in [2.75, 3.05) is 13.1 Å². The summed E-state index contributed by atoms with van der Waals surface area (Å²) in [6, 6.07) is 12.0. The zero-order valence-corrected chi connectivity index (χ0v) is 14.5. The summed E-state index contributed by atoms with van der Waals surface area (Å²) in [7, 11) is 0. The van der Waals surface area contributed by atoms with Crippen LogP contribution in [0.2, 0.25) is 0 Å². The average molecular weight is 341 g/mol. The first kappa shape index (κ1) is 17.5. The number of piperidine rings is 1. The quantitative estimate of drug-likeness (QED) is 0.899. The Bertz CT molecular complexity index is 759. The number of aryl methyl sites for hydroxylation is 2. The number of nitrogens with zero attached hydrogens (tertiary/aromatic N) is 1. The van der Waals surface area contributed by atoms with Crippen LogP contribution in [-0.2, 0) is 6.42 Å². The predicted octanol–water partition coefficient (Wildman–Crippen LogP) is 4.32. The summed E-state index contributed by atoms with van der Waals surface area (Å²) >= 11 is 0. The largest absolute Gasteiger partial charge is 0.508 e. The average Bonchev–Trinajstić information content (AvgIpc) is 2.63. The molecule has 132 valence electrons. The molecule has 0 bridgehead atoms. The van der Waals surface area contributed by atoms with Gasteiger partial charge in [0, 0.05) is 18.7 Å². The van der Waals surface area contributed by atoms with Crippen molar-refractivity contribution in [1.29, 1.82) is 0 Å². The highest BCUT2D eigenvalue weighted by Gasteiger charge is 2.24. The van der Waals surface area contributed by atoms with E-state index in [4.69, 9.17) is 0 Å². The highest BCUT2D eigenvalue weighted by molar-refractivity contribution is 5.94. The molecule has 1 fully saturated rings. The van der Waals surface area contributed by atoms with Gasteiger partial charge >= 0.3 is 0 Å². The molecule has 0 aromatic heterocycles. The zero-order valence-electron chi connectivity index (χ0n) is 14.5. The lowest BCUT2D eigenvalue weighted by Gasteiger charge is -2.33. The number of carbonyl (C=O) groups is 1. The lowest BCUT2D eigenvalue weighted by molar-refractivity contribution is 0.0668. The SMILES string of the molecule is Cc1ccc(C(=O)N2CCCC(CCc3ccccc3F)C2)cc1O. The topological polar surface area (TPSA) is 40.5 Å². The highest BCUT2D eigenvalue weighted by atomic mass is 19.1. The molecule has 1 unspecified atom stereocenters. The standard InChI is InChI=1S/C21H24FNO2/c1-15-8-10-18(13-20(15)24)21(25)23-12-4-5-16(14-23)9-11-17-6-2-3-7-19(17)22/h2-3,6-8,10,13,16,24H,4-5,9,11-12,14H2,1H3. The van der Waals surface area contributed by atoms with Gasteiger partial charge in [0.15, 0.2) is 0 Å². The molecular weight excluding hydrogens is 317 g/mol. The Morgan fingerprint density at radius 3 is 2.84 bits per heavy atom. The highest BCUT2D eigenvalue weighted by Crippen LogP contribution is 2.25. The Kier molecular flexibility index (Phi) is 5.37. The van der Waals surface area contributed by atoms with E-state index in [1.165, 1.54) is 6.07 Å². The van der Waals surface area contributed by atoms with Gasteiger partial charge in [-0.1, -0.05) is 24.3 Å². The van der Waals surface area contributed by atoms with Crippen molar-refractivity contribution >= 4 is 5.91 Å². The van der Waals surface area contributed by atoms with Gasteiger partial charge in [-0.3, -0.25) is 4.79 Å². The molecule has 2 aromatic rings. The summed E-state index contributed by atoms with van der Waals surface area (Å²) in [4.78, 5) is 14.6. The molecule has 1 saturated heterocycles. The number of hydrogen-bond acceptors (Lipinski definition) is 2. The van der Waals surface area contributed by atoms with Crippen molar-refractivity contribution in [2.24, 2.45) is 5.92 Å². The van der Waals surface area contributed by atoms with Crippen LogP contribution in [0.5, 0.6) is 5.75 Å². The molecule has 2 aromatic carbocycles. The van der Waals surface area contributed by atoms with Gasteiger partial charge in [-0.05, 0) is 67.9 Å². The van der Waals surface area contributed by atoms with E-state index in [1.807, 2.05) is 24.0 Å². The third kappa shape index (κ3) is 4.19. The fourth-order valence-corrected chi connectivity index (χ4v) is 3.47. The van der Waals surface area contributed by atoms with Crippen molar-refractivity contribution in [2.45, 2.75) is 32.6 Å². The molecule has 1 N–H and O–H groups in total. The van der Waals surface area contributed by atoms with Gasteiger partial charge < -0.3 is 10.0 Å². The van der Waals surface area contributed by atoms with Gasteiger partial charge in [0.1, 0.15) is 11.6 Å². The predicted molar refractivity (Wildman–Crippen MR) is 96.2 cm³/mol. The van der Waals surface area contributed by atoms with Crippen LogP contribution in [0.25, 0.3) is 0 Å². The first-order chi connectivity index (χ1) is 12.0. The van der Waals surface area contributed by atoms with Crippen LogP contribution in [0.4, 0.5) is 4.39 Å². The van der Waals surface area contributed by atoms with Gasteiger partial charge in [-0.2, -0.15) is 0 Å². The van der Waals surface area contributed by atoms with Gasteiger partial charge in [0.2, 0.25) is 0 Å². The molecule has 0 radical (unpaired) electrons. The summed E-state index contributed by atoms with van der Waals surface area (Å²) in [6.45, 7) is 3.24. The maximum absolute atomic E-state index is 13.8. The van der Waals surface area contributed by atoms with Gasteiger partial charge in [-0.15, -0.1) is 0 Å². The number of aromatic hydroxyl groups is 1. The zero-order chi connectivity index (χ0) is 17.8. The van der Waals surface area contributed by atoms with E-state index in [0.717, 1.165) is 36.9 Å². The molecule has 0 spiro atoms. The van der Waals surface area contributed by atoms with E-state index in [0.29, 0.717) is 24.4 Å². The smallest absolute Gasteiger partial charge is 0.253 e. The fourth-order valence-electron chi connectivity index (χ4n) is 3.47. The summed E-state index contributed by atoms with van der Waals surface area (Å²) < 4.78 is 13.8. The minimum Gasteiger partial charge on any atom is -0.508 e. The van der Waals surface area contributed by atoms with Crippen LogP contribution in [0, 0.1) is 18.7 Å². The monoisotopic (exact) mass is 341 g/mol. The number of phenolic OH excluding ortho intramolecular Hbond substituents is 1. The molecule has 4 heteroatoms. The molecule has 1 aliphatic rings. The first-order valence-electron chi connectivity index (χ1n) is 8.87. The lowest BCUT2D eigenvalue weighted by atomic mass is 9.91. The molecule has 3 nitrogen and oxygen atoms in total. The van der Waals surface area contributed by atoms with Crippen molar-refractivity contribution in [3.63, 3.8) is 0 Å². The van der Waals surface area contributed by atoms with Crippen molar-refractivity contribution in [3.8, 4) is 5.75 Å². The molecule has 1 aliphatic heterocycles. The third-order valence-electron chi connectivity index (χ3n) is 5.04.